The predicted octanol–water partition coefficient (Wildman–Crippen LogP) is 3.20. The predicted molar refractivity (Wildman–Crippen MR) is 109 cm³/mol. The van der Waals surface area contributed by atoms with E-state index in [0.29, 0.717) is 13.1 Å². The van der Waals surface area contributed by atoms with Gasteiger partial charge in [-0.1, -0.05) is 30.3 Å². The van der Waals surface area contributed by atoms with Crippen LogP contribution in [0.25, 0.3) is 0 Å². The number of pyridine rings is 1. The lowest BCUT2D eigenvalue weighted by atomic mass is 9.88. The number of methoxy groups -OCH3 is 1. The number of rotatable bonds is 6. The Bertz CT molecular complexity index is 850. The number of carbonyl (C=O) groups excluding carboxylic acids is 1. The van der Waals surface area contributed by atoms with E-state index in [1.54, 1.807) is 19.5 Å². The Kier molecular flexibility index (Phi) is 9.45. The summed E-state index contributed by atoms with van der Waals surface area (Å²) in [5.74, 6) is -1.70. The Labute approximate surface area is 183 Å². The van der Waals surface area contributed by atoms with E-state index in [1.807, 2.05) is 35.2 Å². The molecule has 0 radical (unpaired) electrons. The summed E-state index contributed by atoms with van der Waals surface area (Å²) < 4.78 is 42.9. The average molecular weight is 454 g/mol. The fraction of sp³-hybridized carbons (Fsp3) is 0.409. The number of nitrogens with zero attached hydrogens (tertiary/aromatic N) is 2. The second kappa shape index (κ2) is 12.0. The first-order valence-electron chi connectivity index (χ1n) is 9.88. The van der Waals surface area contributed by atoms with Gasteiger partial charge in [0.25, 0.3) is 0 Å². The summed E-state index contributed by atoms with van der Waals surface area (Å²) in [4.78, 5) is 27.1. The second-order valence-electron chi connectivity index (χ2n) is 7.16. The molecule has 3 rings (SSSR count). The van der Waals surface area contributed by atoms with Gasteiger partial charge in [-0.05, 0) is 24.1 Å². The number of likely N-dealkylation sites (tertiary alicyclic amines) is 1. The standard InChI is InChI=1S/C20H24N2O3.C2HF3O2/c1-24-15-20(23)22-11-9-19(25-18-8-5-10-21-13-18)17(14-22)12-16-6-3-2-4-7-16;3-2(4,5)1(6)7/h2-8,10,13,17,19H,9,11-12,14-15H2,1H3;(H,6,7)/t17-,19-;/m0./s1. The third kappa shape index (κ3) is 8.18. The topological polar surface area (TPSA) is 89.0 Å². The monoisotopic (exact) mass is 454 g/mol. The molecule has 1 N–H and O–H groups in total. The maximum atomic E-state index is 12.2. The van der Waals surface area contributed by atoms with E-state index < -0.39 is 12.1 Å². The third-order valence-electron chi connectivity index (χ3n) is 4.79. The lowest BCUT2D eigenvalue weighted by Crippen LogP contribution is -2.49. The molecule has 0 bridgehead atoms. The molecule has 1 aliphatic heterocycles. The molecule has 0 spiro atoms. The summed E-state index contributed by atoms with van der Waals surface area (Å²) in [6.07, 6.45) is 0.142. The van der Waals surface area contributed by atoms with Crippen molar-refractivity contribution in [3.8, 4) is 5.75 Å². The maximum absolute atomic E-state index is 12.2. The SMILES string of the molecule is COCC(=O)N1CC[C@H](Oc2cccnc2)[C@@H](Cc2ccccc2)C1.O=C(O)C(F)(F)F. The zero-order chi connectivity index (χ0) is 23.6. The van der Waals surface area contributed by atoms with Crippen LogP contribution in [0.3, 0.4) is 0 Å². The fourth-order valence-electron chi connectivity index (χ4n) is 3.31. The Hall–Kier alpha value is -3.14. The van der Waals surface area contributed by atoms with E-state index in [4.69, 9.17) is 19.4 Å². The molecule has 1 aromatic heterocycles. The highest BCUT2D eigenvalue weighted by Crippen LogP contribution is 2.26. The van der Waals surface area contributed by atoms with Gasteiger partial charge in [0.1, 0.15) is 18.5 Å². The number of carboxylic acid groups (broad SMARTS) is 1. The van der Waals surface area contributed by atoms with Crippen LogP contribution < -0.4 is 4.74 Å². The smallest absolute Gasteiger partial charge is 0.488 e. The van der Waals surface area contributed by atoms with E-state index in [0.717, 1.165) is 18.6 Å². The molecule has 0 aliphatic carbocycles. The lowest BCUT2D eigenvalue weighted by molar-refractivity contribution is -0.192. The summed E-state index contributed by atoms with van der Waals surface area (Å²) in [5, 5.41) is 7.12. The average Bonchev–Trinajstić information content (AvgIpc) is 2.76. The number of aliphatic carboxylic acids is 1. The number of hydrogen-bond donors (Lipinski definition) is 1. The van der Waals surface area contributed by atoms with Crippen molar-refractivity contribution in [1.29, 1.82) is 0 Å². The van der Waals surface area contributed by atoms with Crippen molar-refractivity contribution < 1.29 is 37.3 Å². The third-order valence-corrected chi connectivity index (χ3v) is 4.79. The van der Waals surface area contributed by atoms with Crippen LogP contribution in [0, 0.1) is 5.92 Å². The zero-order valence-corrected chi connectivity index (χ0v) is 17.5. The first kappa shape index (κ1) is 25.1. The molecule has 32 heavy (non-hydrogen) atoms. The Morgan fingerprint density at radius 3 is 2.44 bits per heavy atom. The number of aromatic nitrogens is 1. The van der Waals surface area contributed by atoms with Crippen LogP contribution in [0.2, 0.25) is 0 Å². The highest BCUT2D eigenvalue weighted by molar-refractivity contribution is 5.77. The number of piperidine rings is 1. The molecule has 7 nitrogen and oxygen atoms in total. The van der Waals surface area contributed by atoms with Crippen LogP contribution >= 0.6 is 0 Å². The summed E-state index contributed by atoms with van der Waals surface area (Å²) in [6, 6.07) is 14.1. The van der Waals surface area contributed by atoms with Crippen molar-refractivity contribution in [3.63, 3.8) is 0 Å². The molecule has 10 heteroatoms. The lowest BCUT2D eigenvalue weighted by Gasteiger charge is -2.38. The fourth-order valence-corrected chi connectivity index (χ4v) is 3.31. The molecule has 1 amide bonds. The summed E-state index contributed by atoms with van der Waals surface area (Å²) >= 11 is 0. The van der Waals surface area contributed by atoms with Crippen LogP contribution in [-0.4, -0.2) is 66.0 Å². The largest absolute Gasteiger partial charge is 0.490 e. The minimum Gasteiger partial charge on any atom is -0.488 e. The number of benzene rings is 1. The summed E-state index contributed by atoms with van der Waals surface area (Å²) in [7, 11) is 1.55. The Morgan fingerprint density at radius 1 is 1.19 bits per heavy atom. The first-order chi connectivity index (χ1) is 15.2. The minimum atomic E-state index is -5.08. The minimum absolute atomic E-state index is 0.0420. The molecule has 1 fully saturated rings. The van der Waals surface area contributed by atoms with E-state index in [-0.39, 0.29) is 24.5 Å². The van der Waals surface area contributed by atoms with Crippen LogP contribution in [0.1, 0.15) is 12.0 Å². The number of hydrogen-bond acceptors (Lipinski definition) is 5. The molecule has 0 saturated carbocycles. The van der Waals surface area contributed by atoms with Crippen LogP contribution in [-0.2, 0) is 20.7 Å². The molecular weight excluding hydrogens is 429 g/mol. The van der Waals surface area contributed by atoms with Crippen molar-refractivity contribution in [2.24, 2.45) is 5.92 Å². The Balaban J connectivity index is 0.000000451. The number of ether oxygens (including phenoxy) is 2. The van der Waals surface area contributed by atoms with Crippen LogP contribution in [0.4, 0.5) is 13.2 Å². The number of alkyl halides is 3. The van der Waals surface area contributed by atoms with Gasteiger partial charge in [-0.2, -0.15) is 13.2 Å². The van der Waals surface area contributed by atoms with Gasteiger partial charge in [-0.15, -0.1) is 0 Å². The van der Waals surface area contributed by atoms with Crippen molar-refractivity contribution in [2.45, 2.75) is 25.1 Å². The van der Waals surface area contributed by atoms with Gasteiger partial charge in [-0.3, -0.25) is 9.78 Å². The number of amides is 1. The van der Waals surface area contributed by atoms with Gasteiger partial charge in [-0.25, -0.2) is 4.79 Å². The number of halogens is 3. The van der Waals surface area contributed by atoms with Gasteiger partial charge < -0.3 is 19.5 Å². The molecule has 2 heterocycles. The highest BCUT2D eigenvalue weighted by Gasteiger charge is 2.38. The van der Waals surface area contributed by atoms with Crippen molar-refractivity contribution >= 4 is 11.9 Å². The van der Waals surface area contributed by atoms with E-state index >= 15 is 0 Å². The van der Waals surface area contributed by atoms with Gasteiger partial charge in [0.2, 0.25) is 5.91 Å². The molecule has 2 atom stereocenters. The molecule has 2 aromatic rings. The summed E-state index contributed by atoms with van der Waals surface area (Å²) in [5.41, 5.74) is 1.26. The Morgan fingerprint density at radius 2 is 1.88 bits per heavy atom. The quantitative estimate of drug-likeness (QED) is 0.721. The van der Waals surface area contributed by atoms with E-state index in [1.165, 1.54) is 5.56 Å². The van der Waals surface area contributed by atoms with E-state index in [9.17, 15) is 18.0 Å². The van der Waals surface area contributed by atoms with Gasteiger partial charge in [0, 0.05) is 38.7 Å². The molecule has 1 saturated heterocycles. The number of carbonyl (C=O) groups is 2. The molecule has 1 aliphatic rings. The van der Waals surface area contributed by atoms with Crippen LogP contribution in [0.15, 0.2) is 54.9 Å². The number of carboxylic acids is 1. The normalized spacial score (nSPS) is 18.3. The molecular formula is C22H25F3N2O5. The van der Waals surface area contributed by atoms with Gasteiger partial charge in [0.05, 0.1) is 6.20 Å². The molecule has 174 valence electrons. The van der Waals surface area contributed by atoms with Gasteiger partial charge in [0.15, 0.2) is 0 Å². The van der Waals surface area contributed by atoms with Crippen molar-refractivity contribution in [1.82, 2.24) is 9.88 Å². The van der Waals surface area contributed by atoms with Crippen LogP contribution in [0.5, 0.6) is 5.75 Å². The van der Waals surface area contributed by atoms with E-state index in [2.05, 4.69) is 17.1 Å². The first-order valence-corrected chi connectivity index (χ1v) is 9.88. The van der Waals surface area contributed by atoms with Gasteiger partial charge >= 0.3 is 12.1 Å². The highest BCUT2D eigenvalue weighted by atomic mass is 19.4. The van der Waals surface area contributed by atoms with Crippen molar-refractivity contribution in [2.75, 3.05) is 26.8 Å². The van der Waals surface area contributed by atoms with Crippen molar-refractivity contribution in [3.05, 3.63) is 60.4 Å². The maximum Gasteiger partial charge on any atom is 0.490 e. The molecule has 1 aromatic carbocycles. The second-order valence-corrected chi connectivity index (χ2v) is 7.16. The molecule has 0 unspecified atom stereocenters. The summed E-state index contributed by atoms with van der Waals surface area (Å²) in [6.45, 7) is 1.51. The zero-order valence-electron chi connectivity index (χ0n) is 17.5.